The van der Waals surface area contributed by atoms with Crippen molar-refractivity contribution in [2.24, 2.45) is 5.92 Å². The van der Waals surface area contributed by atoms with Crippen LogP contribution >= 0.6 is 0 Å². The van der Waals surface area contributed by atoms with Gasteiger partial charge in [-0.1, -0.05) is 25.5 Å². The predicted octanol–water partition coefficient (Wildman–Crippen LogP) is 4.33. The van der Waals surface area contributed by atoms with Crippen molar-refractivity contribution >= 4 is 17.9 Å². The van der Waals surface area contributed by atoms with E-state index in [0.29, 0.717) is 5.92 Å². The van der Waals surface area contributed by atoms with Gasteiger partial charge in [0.25, 0.3) is 0 Å². The fourth-order valence-corrected chi connectivity index (χ4v) is 2.95. The van der Waals surface area contributed by atoms with Gasteiger partial charge in [0.1, 0.15) is 0 Å². The molecule has 0 aromatic carbocycles. The molecule has 116 valence electrons. The molecule has 2 aromatic rings. The quantitative estimate of drug-likeness (QED) is 0.793. The third-order valence-electron chi connectivity index (χ3n) is 4.23. The van der Waals surface area contributed by atoms with Gasteiger partial charge in [0, 0.05) is 35.9 Å². The summed E-state index contributed by atoms with van der Waals surface area (Å²) < 4.78 is 0. The third-order valence-corrected chi connectivity index (χ3v) is 4.23. The summed E-state index contributed by atoms with van der Waals surface area (Å²) in [6.45, 7) is 2.18. The first kappa shape index (κ1) is 15.3. The first-order chi connectivity index (χ1) is 11.3. The van der Waals surface area contributed by atoms with Crippen molar-refractivity contribution < 1.29 is 4.79 Å². The molecule has 0 bridgehead atoms. The van der Waals surface area contributed by atoms with Crippen molar-refractivity contribution in [3.63, 3.8) is 0 Å². The third kappa shape index (κ3) is 3.81. The van der Waals surface area contributed by atoms with E-state index in [0.717, 1.165) is 41.5 Å². The summed E-state index contributed by atoms with van der Waals surface area (Å²) in [4.78, 5) is 21.1. The molecule has 0 spiro atoms. The van der Waals surface area contributed by atoms with Crippen LogP contribution in [0.1, 0.15) is 37.3 Å². The Balaban J connectivity index is 1.94. The van der Waals surface area contributed by atoms with E-state index in [1.165, 1.54) is 0 Å². The number of pyridine rings is 2. The number of carbonyl (C=O) groups is 1. The average Bonchev–Trinajstić information content (AvgIpc) is 2.60. The second kappa shape index (κ2) is 7.14. The molecule has 2 heterocycles. The van der Waals surface area contributed by atoms with E-state index < -0.39 is 0 Å². The van der Waals surface area contributed by atoms with Crippen molar-refractivity contribution in [3.05, 3.63) is 71.3 Å². The van der Waals surface area contributed by atoms with Gasteiger partial charge < -0.3 is 0 Å². The number of hydrogen-bond donors (Lipinski definition) is 0. The molecule has 0 radical (unpaired) electrons. The molecular weight excluding hydrogens is 284 g/mol. The number of rotatable bonds is 3. The van der Waals surface area contributed by atoms with Crippen molar-refractivity contribution in [1.82, 2.24) is 9.97 Å². The molecule has 0 saturated heterocycles. The maximum Gasteiger partial charge on any atom is 0.185 e. The second-order valence-corrected chi connectivity index (χ2v) is 5.92. The highest BCUT2D eigenvalue weighted by molar-refractivity contribution is 6.14. The SMILES string of the molecule is CCC1CC(=Cc2cccnc2)C(=O)/C(=C/c2cccnc2)C1. The summed E-state index contributed by atoms with van der Waals surface area (Å²) in [7, 11) is 0. The normalized spacial score (nSPS) is 21.8. The van der Waals surface area contributed by atoms with E-state index >= 15 is 0 Å². The second-order valence-electron chi connectivity index (χ2n) is 5.92. The Morgan fingerprint density at radius 2 is 1.52 bits per heavy atom. The molecule has 0 amide bonds. The highest BCUT2D eigenvalue weighted by atomic mass is 16.1. The molecule has 1 atom stereocenters. The van der Waals surface area contributed by atoms with Crippen LogP contribution in [0, 0.1) is 5.92 Å². The molecule has 3 heteroatoms. The van der Waals surface area contributed by atoms with Gasteiger partial charge in [0.15, 0.2) is 5.78 Å². The van der Waals surface area contributed by atoms with E-state index in [2.05, 4.69) is 16.9 Å². The Labute approximate surface area is 136 Å². The van der Waals surface area contributed by atoms with Crippen molar-refractivity contribution in [2.45, 2.75) is 26.2 Å². The lowest BCUT2D eigenvalue weighted by Crippen LogP contribution is -2.19. The van der Waals surface area contributed by atoms with Gasteiger partial charge in [-0.25, -0.2) is 0 Å². The fourth-order valence-electron chi connectivity index (χ4n) is 2.95. The number of Topliss-reactive ketones (excluding diaryl/α,β-unsaturated/α-hetero) is 1. The Morgan fingerprint density at radius 1 is 1.00 bits per heavy atom. The highest BCUT2D eigenvalue weighted by Gasteiger charge is 2.26. The molecule has 1 unspecified atom stereocenters. The molecule has 1 fully saturated rings. The van der Waals surface area contributed by atoms with Gasteiger partial charge in [0.2, 0.25) is 0 Å². The lowest BCUT2D eigenvalue weighted by atomic mass is 9.79. The maximum atomic E-state index is 12.8. The smallest absolute Gasteiger partial charge is 0.185 e. The number of ketones is 1. The van der Waals surface area contributed by atoms with Crippen LogP contribution in [0.25, 0.3) is 12.2 Å². The van der Waals surface area contributed by atoms with Gasteiger partial charge in [-0.15, -0.1) is 0 Å². The zero-order valence-electron chi connectivity index (χ0n) is 13.3. The van der Waals surface area contributed by atoms with Crippen LogP contribution in [0.3, 0.4) is 0 Å². The molecular formula is C20H20N2O. The maximum absolute atomic E-state index is 12.8. The topological polar surface area (TPSA) is 42.9 Å². The number of nitrogens with zero attached hydrogens (tertiary/aromatic N) is 2. The molecule has 1 aliphatic carbocycles. The summed E-state index contributed by atoms with van der Waals surface area (Å²) in [5, 5.41) is 0. The molecule has 1 aliphatic rings. The minimum Gasteiger partial charge on any atom is -0.289 e. The highest BCUT2D eigenvalue weighted by Crippen LogP contribution is 2.33. The number of carbonyl (C=O) groups excluding carboxylic acids is 1. The summed E-state index contributed by atoms with van der Waals surface area (Å²) in [5.41, 5.74) is 3.72. The van der Waals surface area contributed by atoms with Crippen LogP contribution in [-0.2, 0) is 4.79 Å². The van der Waals surface area contributed by atoms with Gasteiger partial charge in [-0.2, -0.15) is 0 Å². The van der Waals surface area contributed by atoms with Crippen LogP contribution in [-0.4, -0.2) is 15.8 Å². The summed E-state index contributed by atoms with van der Waals surface area (Å²) in [6.07, 6.45) is 13.8. The van der Waals surface area contributed by atoms with Crippen LogP contribution in [0.15, 0.2) is 60.2 Å². The van der Waals surface area contributed by atoms with E-state index in [1.54, 1.807) is 24.8 Å². The minimum atomic E-state index is 0.155. The molecule has 0 aliphatic heterocycles. The summed E-state index contributed by atoms with van der Waals surface area (Å²) in [5.74, 6) is 0.668. The number of aromatic nitrogens is 2. The molecule has 1 saturated carbocycles. The Bertz CT molecular complexity index is 671. The monoisotopic (exact) mass is 304 g/mol. The van der Waals surface area contributed by atoms with Crippen LogP contribution in [0.2, 0.25) is 0 Å². The molecule has 3 rings (SSSR count). The average molecular weight is 304 g/mol. The Hall–Kier alpha value is -2.55. The van der Waals surface area contributed by atoms with E-state index in [-0.39, 0.29) is 5.78 Å². The van der Waals surface area contributed by atoms with E-state index in [9.17, 15) is 4.79 Å². The largest absolute Gasteiger partial charge is 0.289 e. The number of hydrogen-bond acceptors (Lipinski definition) is 3. The molecule has 3 nitrogen and oxygen atoms in total. The summed E-state index contributed by atoms with van der Waals surface area (Å²) in [6, 6.07) is 7.74. The van der Waals surface area contributed by atoms with Gasteiger partial charge in [0.05, 0.1) is 0 Å². The summed E-state index contributed by atoms with van der Waals surface area (Å²) >= 11 is 0. The lowest BCUT2D eigenvalue weighted by molar-refractivity contribution is -0.113. The Kier molecular flexibility index (Phi) is 4.77. The lowest BCUT2D eigenvalue weighted by Gasteiger charge is -2.24. The van der Waals surface area contributed by atoms with Crippen molar-refractivity contribution in [2.75, 3.05) is 0 Å². The van der Waals surface area contributed by atoms with Crippen molar-refractivity contribution in [1.29, 1.82) is 0 Å². The minimum absolute atomic E-state index is 0.155. The van der Waals surface area contributed by atoms with Gasteiger partial charge in [-0.3, -0.25) is 14.8 Å². The van der Waals surface area contributed by atoms with Gasteiger partial charge >= 0.3 is 0 Å². The van der Waals surface area contributed by atoms with Crippen LogP contribution < -0.4 is 0 Å². The first-order valence-corrected chi connectivity index (χ1v) is 8.02. The standard InChI is InChI=1S/C20H20N2O/c1-2-15-9-18(11-16-5-3-7-21-13-16)20(23)19(10-15)12-17-6-4-8-22-14-17/h3-8,11-15H,2,9-10H2,1H3/b18-11+,19-12?. The zero-order valence-corrected chi connectivity index (χ0v) is 13.3. The van der Waals surface area contributed by atoms with Crippen LogP contribution in [0.5, 0.6) is 0 Å². The zero-order chi connectivity index (χ0) is 16.1. The molecule has 23 heavy (non-hydrogen) atoms. The van der Waals surface area contributed by atoms with Crippen LogP contribution in [0.4, 0.5) is 0 Å². The Morgan fingerprint density at radius 3 is 1.91 bits per heavy atom. The van der Waals surface area contributed by atoms with Crippen molar-refractivity contribution in [3.8, 4) is 0 Å². The fraction of sp³-hybridized carbons (Fsp3) is 0.250. The van der Waals surface area contributed by atoms with Gasteiger partial charge in [-0.05, 0) is 54.2 Å². The number of allylic oxidation sites excluding steroid dienone is 2. The first-order valence-electron chi connectivity index (χ1n) is 8.02. The van der Waals surface area contributed by atoms with E-state index in [4.69, 9.17) is 0 Å². The molecule has 0 N–H and O–H groups in total. The molecule has 2 aromatic heterocycles. The van der Waals surface area contributed by atoms with E-state index in [1.807, 2.05) is 36.4 Å². The predicted molar refractivity (Wildman–Crippen MR) is 92.5 cm³/mol.